The first-order chi connectivity index (χ1) is 8.57. The Morgan fingerprint density at radius 1 is 1.33 bits per heavy atom. The maximum Gasteiger partial charge on any atom is 0.0648 e. The van der Waals surface area contributed by atoms with Gasteiger partial charge in [-0.25, -0.2) is 0 Å². The molecule has 0 aromatic rings. The molecule has 3 fully saturated rings. The van der Waals surface area contributed by atoms with Crippen LogP contribution in [0.5, 0.6) is 0 Å². The first-order valence-electron chi connectivity index (χ1n) is 7.67. The molecule has 0 aromatic heterocycles. The average molecular weight is 252 g/mol. The maximum atomic E-state index is 5.69. The number of piperazine rings is 1. The largest absolute Gasteiger partial charge is 0.379 e. The lowest BCUT2D eigenvalue weighted by atomic mass is 9.85. The van der Waals surface area contributed by atoms with E-state index in [1.807, 2.05) is 0 Å². The van der Waals surface area contributed by atoms with E-state index in [1.54, 1.807) is 0 Å². The molecular formula is C15H28N2O. The van der Waals surface area contributed by atoms with Crippen molar-refractivity contribution in [1.82, 2.24) is 10.2 Å². The zero-order valence-corrected chi connectivity index (χ0v) is 12.2. The van der Waals surface area contributed by atoms with Gasteiger partial charge in [0, 0.05) is 36.8 Å². The van der Waals surface area contributed by atoms with Crippen molar-refractivity contribution in [3.05, 3.63) is 0 Å². The van der Waals surface area contributed by atoms with Crippen molar-refractivity contribution in [2.45, 2.75) is 63.6 Å². The molecule has 3 atom stereocenters. The standard InChI is InChI=1S/C15H28N2O/c1-4-13-9-16-15(3,12-5-6-12)10-17(13)14(2)7-8-18-11-14/h12-13,16H,4-11H2,1-3H3. The lowest BCUT2D eigenvalue weighted by Crippen LogP contribution is -2.68. The molecule has 1 N–H and O–H groups in total. The molecule has 1 aliphatic carbocycles. The minimum absolute atomic E-state index is 0.277. The molecular weight excluding hydrogens is 224 g/mol. The summed E-state index contributed by atoms with van der Waals surface area (Å²) in [5.41, 5.74) is 0.621. The first-order valence-corrected chi connectivity index (χ1v) is 7.67. The molecule has 3 rings (SSSR count). The van der Waals surface area contributed by atoms with Gasteiger partial charge in [-0.3, -0.25) is 4.90 Å². The van der Waals surface area contributed by atoms with Crippen LogP contribution in [0.4, 0.5) is 0 Å². The van der Waals surface area contributed by atoms with Gasteiger partial charge in [-0.2, -0.15) is 0 Å². The fourth-order valence-electron chi connectivity index (χ4n) is 3.87. The Labute approximate surface area is 111 Å². The number of hydrogen-bond acceptors (Lipinski definition) is 3. The fourth-order valence-corrected chi connectivity index (χ4v) is 3.87. The third-order valence-corrected chi connectivity index (χ3v) is 5.52. The smallest absolute Gasteiger partial charge is 0.0648 e. The predicted octanol–water partition coefficient (Wildman–Crippen LogP) is 2.02. The molecule has 18 heavy (non-hydrogen) atoms. The van der Waals surface area contributed by atoms with E-state index in [1.165, 1.54) is 32.2 Å². The van der Waals surface area contributed by atoms with Gasteiger partial charge in [-0.05, 0) is 45.4 Å². The van der Waals surface area contributed by atoms with Crippen LogP contribution in [0.1, 0.15) is 46.5 Å². The molecule has 3 aliphatic rings. The summed E-state index contributed by atoms with van der Waals surface area (Å²) in [4.78, 5) is 2.77. The molecule has 2 saturated heterocycles. The second kappa shape index (κ2) is 4.46. The third-order valence-electron chi connectivity index (χ3n) is 5.52. The molecule has 1 saturated carbocycles. The second-order valence-electron chi connectivity index (χ2n) is 7.06. The number of ether oxygens (including phenoxy) is 1. The van der Waals surface area contributed by atoms with Crippen molar-refractivity contribution in [3.8, 4) is 0 Å². The number of rotatable bonds is 3. The third kappa shape index (κ3) is 2.10. The minimum atomic E-state index is 0.277. The van der Waals surface area contributed by atoms with Gasteiger partial charge in [0.05, 0.1) is 6.61 Å². The SMILES string of the molecule is CCC1CNC(C)(C2CC2)CN1C1(C)CCOC1. The van der Waals surface area contributed by atoms with Crippen LogP contribution in [-0.4, -0.2) is 48.3 Å². The van der Waals surface area contributed by atoms with Crippen molar-refractivity contribution in [2.24, 2.45) is 5.92 Å². The van der Waals surface area contributed by atoms with E-state index in [-0.39, 0.29) is 5.54 Å². The Balaban J connectivity index is 1.79. The van der Waals surface area contributed by atoms with Crippen LogP contribution in [0.15, 0.2) is 0 Å². The first kappa shape index (κ1) is 12.9. The molecule has 3 nitrogen and oxygen atoms in total. The van der Waals surface area contributed by atoms with Crippen LogP contribution in [0.25, 0.3) is 0 Å². The Hall–Kier alpha value is -0.120. The molecule has 0 amide bonds. The summed E-state index contributed by atoms with van der Waals surface area (Å²) >= 11 is 0. The summed E-state index contributed by atoms with van der Waals surface area (Å²) in [5, 5.41) is 3.85. The molecule has 0 aromatic carbocycles. The normalized spacial score (nSPS) is 46.5. The average Bonchev–Trinajstić information content (AvgIpc) is 3.13. The van der Waals surface area contributed by atoms with Crippen molar-refractivity contribution in [3.63, 3.8) is 0 Å². The molecule has 2 heterocycles. The van der Waals surface area contributed by atoms with Gasteiger partial charge in [0.1, 0.15) is 0 Å². The summed E-state index contributed by atoms with van der Waals surface area (Å²) in [6, 6.07) is 0.684. The molecule has 0 bridgehead atoms. The van der Waals surface area contributed by atoms with Crippen LogP contribution >= 0.6 is 0 Å². The van der Waals surface area contributed by atoms with Gasteiger partial charge in [0.2, 0.25) is 0 Å². The highest BCUT2D eigenvalue weighted by Crippen LogP contribution is 2.43. The van der Waals surface area contributed by atoms with E-state index in [0.717, 1.165) is 25.7 Å². The number of hydrogen-bond donors (Lipinski definition) is 1. The molecule has 0 spiro atoms. The Morgan fingerprint density at radius 3 is 2.67 bits per heavy atom. The highest BCUT2D eigenvalue weighted by molar-refractivity contribution is 5.07. The Kier molecular flexibility index (Phi) is 3.20. The van der Waals surface area contributed by atoms with Gasteiger partial charge >= 0.3 is 0 Å². The highest BCUT2D eigenvalue weighted by atomic mass is 16.5. The van der Waals surface area contributed by atoms with Gasteiger partial charge in [0.25, 0.3) is 0 Å². The van der Waals surface area contributed by atoms with Crippen molar-refractivity contribution < 1.29 is 4.74 Å². The zero-order chi connectivity index (χ0) is 12.8. The van der Waals surface area contributed by atoms with Crippen LogP contribution in [0.2, 0.25) is 0 Å². The van der Waals surface area contributed by atoms with E-state index in [2.05, 4.69) is 31.0 Å². The number of nitrogens with one attached hydrogen (secondary N) is 1. The van der Waals surface area contributed by atoms with Crippen LogP contribution < -0.4 is 5.32 Å². The topological polar surface area (TPSA) is 24.5 Å². The fraction of sp³-hybridized carbons (Fsp3) is 1.00. The van der Waals surface area contributed by atoms with Crippen LogP contribution in [-0.2, 0) is 4.74 Å². The van der Waals surface area contributed by atoms with Gasteiger partial charge in [-0.15, -0.1) is 0 Å². The van der Waals surface area contributed by atoms with Gasteiger partial charge in [0.15, 0.2) is 0 Å². The monoisotopic (exact) mass is 252 g/mol. The Morgan fingerprint density at radius 2 is 2.11 bits per heavy atom. The van der Waals surface area contributed by atoms with E-state index in [9.17, 15) is 0 Å². The summed E-state index contributed by atoms with van der Waals surface area (Å²) in [5.74, 6) is 0.906. The lowest BCUT2D eigenvalue weighted by molar-refractivity contribution is -0.0163. The molecule has 2 aliphatic heterocycles. The van der Waals surface area contributed by atoms with Crippen molar-refractivity contribution in [1.29, 1.82) is 0 Å². The zero-order valence-electron chi connectivity index (χ0n) is 12.2. The summed E-state index contributed by atoms with van der Waals surface area (Å²) in [7, 11) is 0. The molecule has 104 valence electrons. The molecule has 3 unspecified atom stereocenters. The predicted molar refractivity (Wildman–Crippen MR) is 73.8 cm³/mol. The second-order valence-corrected chi connectivity index (χ2v) is 7.06. The quantitative estimate of drug-likeness (QED) is 0.831. The highest BCUT2D eigenvalue weighted by Gasteiger charge is 2.50. The summed E-state index contributed by atoms with van der Waals surface area (Å²) in [6.45, 7) is 11.4. The van der Waals surface area contributed by atoms with E-state index in [0.29, 0.717) is 11.6 Å². The van der Waals surface area contributed by atoms with Crippen LogP contribution in [0.3, 0.4) is 0 Å². The molecule has 3 heteroatoms. The van der Waals surface area contributed by atoms with Gasteiger partial charge in [-0.1, -0.05) is 6.92 Å². The van der Waals surface area contributed by atoms with Crippen LogP contribution in [0, 0.1) is 5.92 Å². The maximum absolute atomic E-state index is 5.69. The van der Waals surface area contributed by atoms with Crippen molar-refractivity contribution in [2.75, 3.05) is 26.3 Å². The molecule has 0 radical (unpaired) electrons. The lowest BCUT2D eigenvalue weighted by Gasteiger charge is -2.52. The summed E-state index contributed by atoms with van der Waals surface area (Å²) < 4.78 is 5.69. The van der Waals surface area contributed by atoms with E-state index in [4.69, 9.17) is 4.74 Å². The summed E-state index contributed by atoms with van der Waals surface area (Å²) in [6.07, 6.45) is 5.27. The van der Waals surface area contributed by atoms with Crippen molar-refractivity contribution >= 4 is 0 Å². The van der Waals surface area contributed by atoms with E-state index < -0.39 is 0 Å². The van der Waals surface area contributed by atoms with Gasteiger partial charge < -0.3 is 10.1 Å². The van der Waals surface area contributed by atoms with E-state index >= 15 is 0 Å². The number of nitrogens with zero attached hydrogens (tertiary/aromatic N) is 1. The minimum Gasteiger partial charge on any atom is -0.379 e. The Bertz CT molecular complexity index is 310.